The van der Waals surface area contributed by atoms with Gasteiger partial charge in [-0.15, -0.1) is 5.73 Å². The molecule has 106 valence electrons. The molecule has 0 saturated heterocycles. The number of hydrogen-bond acceptors (Lipinski definition) is 1. The first kappa shape index (κ1) is 16.3. The van der Waals surface area contributed by atoms with E-state index < -0.39 is 0 Å². The first-order valence-electron chi connectivity index (χ1n) is 7.30. The van der Waals surface area contributed by atoms with Crippen molar-refractivity contribution in [3.05, 3.63) is 47.2 Å². The second kappa shape index (κ2) is 7.73. The van der Waals surface area contributed by atoms with Crippen molar-refractivity contribution in [1.82, 2.24) is 0 Å². The smallest absolute Gasteiger partial charge is 0.0621 e. The molecule has 1 rings (SSSR count). The molecular weight excluding hydrogens is 242 g/mol. The number of rotatable bonds is 5. The molecule has 0 N–H and O–H groups in total. The van der Waals surface area contributed by atoms with E-state index in [0.29, 0.717) is 6.42 Å². The number of nitriles is 1. The molecule has 1 heteroatoms. The minimum absolute atomic E-state index is 0.283. The van der Waals surface area contributed by atoms with Crippen molar-refractivity contribution < 1.29 is 0 Å². The molecule has 0 radical (unpaired) electrons. The second-order valence-corrected chi connectivity index (χ2v) is 6.50. The van der Waals surface area contributed by atoms with E-state index in [9.17, 15) is 0 Å². The maximum absolute atomic E-state index is 8.70. The minimum atomic E-state index is 0.283. The Bertz CT molecular complexity index is 517. The Morgan fingerprint density at radius 1 is 1.15 bits per heavy atom. The topological polar surface area (TPSA) is 23.8 Å². The van der Waals surface area contributed by atoms with Crippen molar-refractivity contribution in [2.24, 2.45) is 5.41 Å². The second-order valence-electron chi connectivity index (χ2n) is 6.50. The minimum Gasteiger partial charge on any atom is -0.198 e. The third-order valence-corrected chi connectivity index (χ3v) is 3.00. The first-order valence-corrected chi connectivity index (χ1v) is 7.30. The molecule has 0 heterocycles. The lowest BCUT2D eigenvalue weighted by Gasteiger charge is -2.17. The molecule has 1 aromatic carbocycles. The Labute approximate surface area is 123 Å². The van der Waals surface area contributed by atoms with Gasteiger partial charge in [-0.05, 0) is 42.7 Å². The zero-order valence-electron chi connectivity index (χ0n) is 13.2. The third kappa shape index (κ3) is 6.41. The summed E-state index contributed by atoms with van der Waals surface area (Å²) in [4.78, 5) is 0. The van der Waals surface area contributed by atoms with E-state index in [1.165, 1.54) is 16.7 Å². The van der Waals surface area contributed by atoms with Gasteiger partial charge in [0.15, 0.2) is 0 Å². The highest BCUT2D eigenvalue weighted by Gasteiger charge is 2.10. The molecule has 0 atom stereocenters. The lowest BCUT2D eigenvalue weighted by molar-refractivity contribution is 0.410. The number of nitrogens with zero attached hydrogens (tertiary/aromatic N) is 1. The fraction of sp³-hybridized carbons (Fsp3) is 0.474. The van der Waals surface area contributed by atoms with Gasteiger partial charge in [0, 0.05) is 12.0 Å². The largest absolute Gasteiger partial charge is 0.198 e. The van der Waals surface area contributed by atoms with Gasteiger partial charge in [-0.1, -0.05) is 51.1 Å². The molecule has 0 aliphatic carbocycles. The normalized spacial score (nSPS) is 10.6. The summed E-state index contributed by atoms with van der Waals surface area (Å²) in [6, 6.07) is 12.6. The summed E-state index contributed by atoms with van der Waals surface area (Å²) in [6.45, 7) is 8.89. The average Bonchev–Trinajstić information content (AvgIpc) is 2.37. The molecule has 0 spiro atoms. The molecule has 0 fully saturated rings. The van der Waals surface area contributed by atoms with Gasteiger partial charge in [-0.2, -0.15) is 5.26 Å². The van der Waals surface area contributed by atoms with Crippen molar-refractivity contribution in [1.29, 1.82) is 5.26 Å². The maximum Gasteiger partial charge on any atom is 0.0621 e. The van der Waals surface area contributed by atoms with Gasteiger partial charge in [0.2, 0.25) is 0 Å². The SMILES string of the molecule is CC(=C=C(CCCC#N)c1ccccc1)CC(C)(C)C. The Morgan fingerprint density at radius 3 is 2.35 bits per heavy atom. The Morgan fingerprint density at radius 2 is 1.80 bits per heavy atom. The van der Waals surface area contributed by atoms with Crippen molar-refractivity contribution in [2.45, 2.75) is 53.4 Å². The van der Waals surface area contributed by atoms with Gasteiger partial charge in [0.1, 0.15) is 0 Å². The van der Waals surface area contributed by atoms with Crippen LogP contribution in [0.25, 0.3) is 5.57 Å². The predicted molar refractivity (Wildman–Crippen MR) is 86.1 cm³/mol. The van der Waals surface area contributed by atoms with E-state index in [4.69, 9.17) is 5.26 Å². The average molecular weight is 267 g/mol. The summed E-state index contributed by atoms with van der Waals surface area (Å²) < 4.78 is 0. The highest BCUT2D eigenvalue weighted by Crippen LogP contribution is 2.25. The van der Waals surface area contributed by atoms with Crippen molar-refractivity contribution >= 4 is 5.57 Å². The van der Waals surface area contributed by atoms with Crippen LogP contribution in [0.4, 0.5) is 0 Å². The van der Waals surface area contributed by atoms with Crippen molar-refractivity contribution in [3.63, 3.8) is 0 Å². The van der Waals surface area contributed by atoms with Crippen LogP contribution in [0.1, 0.15) is 58.9 Å². The van der Waals surface area contributed by atoms with Crippen LogP contribution >= 0.6 is 0 Å². The first-order chi connectivity index (χ1) is 9.42. The van der Waals surface area contributed by atoms with Gasteiger partial charge < -0.3 is 0 Å². The van der Waals surface area contributed by atoms with Gasteiger partial charge in [0.25, 0.3) is 0 Å². The molecule has 0 bridgehead atoms. The number of benzene rings is 1. The van der Waals surface area contributed by atoms with E-state index in [0.717, 1.165) is 19.3 Å². The highest BCUT2D eigenvalue weighted by atomic mass is 14.2. The summed E-state index contributed by atoms with van der Waals surface area (Å²) in [5, 5.41) is 8.70. The van der Waals surface area contributed by atoms with E-state index >= 15 is 0 Å². The van der Waals surface area contributed by atoms with Crippen LogP contribution in [0.2, 0.25) is 0 Å². The Balaban J connectivity index is 3.04. The van der Waals surface area contributed by atoms with E-state index in [1.54, 1.807) is 0 Å². The molecule has 0 saturated carbocycles. The van der Waals surface area contributed by atoms with Gasteiger partial charge in [-0.25, -0.2) is 0 Å². The molecule has 0 amide bonds. The van der Waals surface area contributed by atoms with Crippen LogP contribution in [-0.2, 0) is 0 Å². The van der Waals surface area contributed by atoms with Crippen LogP contribution in [0.15, 0.2) is 41.6 Å². The molecular formula is C19H25N. The molecule has 0 unspecified atom stereocenters. The number of allylic oxidation sites excluding steroid dienone is 1. The highest BCUT2D eigenvalue weighted by molar-refractivity contribution is 5.65. The fourth-order valence-electron chi connectivity index (χ4n) is 2.36. The zero-order chi connectivity index (χ0) is 15.0. The molecule has 0 aromatic heterocycles. The Kier molecular flexibility index (Phi) is 6.29. The number of unbranched alkanes of at least 4 members (excludes halogenated alkanes) is 1. The summed E-state index contributed by atoms with van der Waals surface area (Å²) in [7, 11) is 0. The Hall–Kier alpha value is -1.77. The van der Waals surface area contributed by atoms with E-state index in [-0.39, 0.29) is 5.41 Å². The summed E-state index contributed by atoms with van der Waals surface area (Å²) in [5.41, 5.74) is 7.59. The van der Waals surface area contributed by atoms with Crippen LogP contribution in [-0.4, -0.2) is 0 Å². The fourth-order valence-corrected chi connectivity index (χ4v) is 2.36. The van der Waals surface area contributed by atoms with Gasteiger partial charge >= 0.3 is 0 Å². The van der Waals surface area contributed by atoms with Crippen LogP contribution in [0, 0.1) is 16.7 Å². The molecule has 0 aliphatic rings. The molecule has 20 heavy (non-hydrogen) atoms. The lowest BCUT2D eigenvalue weighted by Crippen LogP contribution is -2.04. The van der Waals surface area contributed by atoms with Crippen LogP contribution in [0.5, 0.6) is 0 Å². The molecule has 0 aliphatic heterocycles. The van der Waals surface area contributed by atoms with Gasteiger partial charge in [0.05, 0.1) is 6.07 Å². The zero-order valence-corrected chi connectivity index (χ0v) is 13.2. The van der Waals surface area contributed by atoms with Crippen LogP contribution in [0.3, 0.4) is 0 Å². The molecule has 1 aromatic rings. The molecule has 1 nitrogen and oxygen atoms in total. The predicted octanol–water partition coefficient (Wildman–Crippen LogP) is 5.75. The lowest BCUT2D eigenvalue weighted by atomic mass is 9.88. The van der Waals surface area contributed by atoms with Crippen molar-refractivity contribution in [3.8, 4) is 6.07 Å². The maximum atomic E-state index is 8.70. The quantitative estimate of drug-likeness (QED) is 0.492. The monoisotopic (exact) mass is 267 g/mol. The standard InChI is InChI=1S/C19H25N/c1-16(15-19(2,3)4)14-18(12-8-9-13-20)17-10-6-5-7-11-17/h5-7,10-11H,8-9,12,15H2,1-4H3. The van der Waals surface area contributed by atoms with E-state index in [2.05, 4.69) is 63.8 Å². The summed E-state index contributed by atoms with van der Waals surface area (Å²) in [5.74, 6) is 0. The van der Waals surface area contributed by atoms with Crippen LogP contribution < -0.4 is 0 Å². The summed E-state index contributed by atoms with van der Waals surface area (Å²) in [6.07, 6.45) is 3.47. The number of hydrogen-bond donors (Lipinski definition) is 0. The van der Waals surface area contributed by atoms with Crippen molar-refractivity contribution in [2.75, 3.05) is 0 Å². The third-order valence-electron chi connectivity index (χ3n) is 3.00. The van der Waals surface area contributed by atoms with Gasteiger partial charge in [-0.3, -0.25) is 0 Å². The van der Waals surface area contributed by atoms with E-state index in [1.807, 2.05) is 6.07 Å². The summed E-state index contributed by atoms with van der Waals surface area (Å²) >= 11 is 0.